The highest BCUT2D eigenvalue weighted by Gasteiger charge is 2.06. The Bertz CT molecular complexity index is 328. The number of hydrogen-bond donors (Lipinski definition) is 2. The number of nitrogens with one attached hydrogen (secondary N) is 1. The van der Waals surface area contributed by atoms with Crippen LogP contribution in [0.2, 0.25) is 0 Å². The van der Waals surface area contributed by atoms with E-state index in [9.17, 15) is 0 Å². The van der Waals surface area contributed by atoms with Crippen LogP contribution in [0, 0.1) is 6.92 Å². The number of rotatable bonds is 6. The van der Waals surface area contributed by atoms with Gasteiger partial charge in [-0.05, 0) is 37.0 Å². The molecule has 3 heteroatoms. The van der Waals surface area contributed by atoms with Gasteiger partial charge in [-0.3, -0.25) is 0 Å². The lowest BCUT2D eigenvalue weighted by Crippen LogP contribution is -2.28. The maximum Gasteiger partial charge on any atom is 0.0445 e. The van der Waals surface area contributed by atoms with Crippen molar-refractivity contribution in [3.63, 3.8) is 0 Å². The first-order valence-electron chi connectivity index (χ1n) is 5.76. The van der Waals surface area contributed by atoms with E-state index in [2.05, 4.69) is 53.3 Å². The molecule has 16 heavy (non-hydrogen) atoms. The average Bonchev–Trinajstić information content (AvgIpc) is 2.26. The first-order valence-corrected chi connectivity index (χ1v) is 6.56. The molecule has 0 saturated carbocycles. The van der Waals surface area contributed by atoms with Crippen molar-refractivity contribution in [2.24, 2.45) is 0 Å². The largest absolute Gasteiger partial charge is 0.396 e. The number of aryl methyl sites for hydroxylation is 1. The lowest BCUT2D eigenvalue weighted by atomic mass is 10.1. The van der Waals surface area contributed by atoms with E-state index < -0.39 is 0 Å². The van der Waals surface area contributed by atoms with Crippen LogP contribution in [-0.4, -0.2) is 17.8 Å². The van der Waals surface area contributed by atoms with Gasteiger partial charge in [0.1, 0.15) is 0 Å². The zero-order valence-corrected chi connectivity index (χ0v) is 11.5. The molecule has 2 N–H and O–H groups in total. The summed E-state index contributed by atoms with van der Waals surface area (Å²) < 4.78 is 1.15. The minimum atomic E-state index is 0.251. The van der Waals surface area contributed by atoms with Gasteiger partial charge in [-0.2, -0.15) is 0 Å². The summed E-state index contributed by atoms with van der Waals surface area (Å²) in [6.07, 6.45) is 1.87. The summed E-state index contributed by atoms with van der Waals surface area (Å²) in [4.78, 5) is 0. The average molecular weight is 286 g/mol. The Labute approximate surface area is 106 Å². The molecule has 0 bridgehead atoms. The van der Waals surface area contributed by atoms with Crippen molar-refractivity contribution in [2.75, 3.05) is 6.61 Å². The highest BCUT2D eigenvalue weighted by molar-refractivity contribution is 9.10. The molecule has 0 radical (unpaired) electrons. The van der Waals surface area contributed by atoms with Gasteiger partial charge < -0.3 is 10.4 Å². The Morgan fingerprint density at radius 3 is 2.75 bits per heavy atom. The Kier molecular flexibility index (Phi) is 6.03. The van der Waals surface area contributed by atoms with Gasteiger partial charge in [0.25, 0.3) is 0 Å². The third-order valence-corrected chi connectivity index (χ3v) is 3.50. The van der Waals surface area contributed by atoms with Crippen LogP contribution < -0.4 is 5.32 Å². The molecule has 0 aliphatic rings. The van der Waals surface area contributed by atoms with Gasteiger partial charge in [0.05, 0.1) is 0 Å². The molecule has 1 atom stereocenters. The maximum absolute atomic E-state index is 8.91. The van der Waals surface area contributed by atoms with Gasteiger partial charge >= 0.3 is 0 Å². The molecule has 1 unspecified atom stereocenters. The number of halogens is 1. The second-order valence-electron chi connectivity index (χ2n) is 4.09. The molecule has 2 nitrogen and oxygen atoms in total. The molecule has 0 heterocycles. The molecule has 1 aromatic carbocycles. The van der Waals surface area contributed by atoms with Crippen molar-refractivity contribution >= 4 is 15.9 Å². The summed E-state index contributed by atoms with van der Waals surface area (Å²) in [6, 6.07) is 6.79. The number of hydrogen-bond acceptors (Lipinski definition) is 2. The molecule has 1 rings (SSSR count). The van der Waals surface area contributed by atoms with Gasteiger partial charge in [0.15, 0.2) is 0 Å². The van der Waals surface area contributed by atoms with E-state index in [1.165, 1.54) is 11.1 Å². The fourth-order valence-corrected chi connectivity index (χ4v) is 2.29. The van der Waals surface area contributed by atoms with Crippen LogP contribution in [0.25, 0.3) is 0 Å². The third-order valence-electron chi connectivity index (χ3n) is 2.76. The summed E-state index contributed by atoms with van der Waals surface area (Å²) in [5.41, 5.74) is 2.53. The minimum Gasteiger partial charge on any atom is -0.396 e. The Balaban J connectivity index is 2.53. The van der Waals surface area contributed by atoms with Crippen LogP contribution in [0.4, 0.5) is 0 Å². The zero-order chi connectivity index (χ0) is 12.0. The second kappa shape index (κ2) is 7.05. The Morgan fingerprint density at radius 1 is 1.44 bits per heavy atom. The molecule has 0 spiro atoms. The van der Waals surface area contributed by atoms with Gasteiger partial charge in [-0.15, -0.1) is 0 Å². The summed E-state index contributed by atoms with van der Waals surface area (Å²) in [5.74, 6) is 0. The van der Waals surface area contributed by atoms with Crippen LogP contribution in [0.5, 0.6) is 0 Å². The van der Waals surface area contributed by atoms with Crippen molar-refractivity contribution in [1.29, 1.82) is 0 Å². The van der Waals surface area contributed by atoms with Crippen molar-refractivity contribution < 1.29 is 5.11 Å². The normalized spacial score (nSPS) is 12.8. The van der Waals surface area contributed by atoms with Crippen LogP contribution in [0.1, 0.15) is 30.9 Å². The van der Waals surface area contributed by atoms with Crippen LogP contribution >= 0.6 is 15.9 Å². The summed E-state index contributed by atoms with van der Waals surface area (Å²) in [6.45, 7) is 5.32. The van der Waals surface area contributed by atoms with Crippen LogP contribution in [0.15, 0.2) is 22.7 Å². The van der Waals surface area contributed by atoms with Gasteiger partial charge in [-0.25, -0.2) is 0 Å². The van der Waals surface area contributed by atoms with Crippen LogP contribution in [0.3, 0.4) is 0 Å². The van der Waals surface area contributed by atoms with Crippen molar-refractivity contribution in [1.82, 2.24) is 5.32 Å². The van der Waals surface area contributed by atoms with Gasteiger partial charge in [-0.1, -0.05) is 35.0 Å². The number of aliphatic hydroxyl groups is 1. The lowest BCUT2D eigenvalue weighted by molar-refractivity contribution is 0.262. The zero-order valence-electron chi connectivity index (χ0n) is 9.96. The SMILES string of the molecule is CCC(CCO)NCc1ccc(C)cc1Br. The van der Waals surface area contributed by atoms with E-state index in [0.717, 1.165) is 23.9 Å². The number of aliphatic hydroxyl groups excluding tert-OH is 1. The summed E-state index contributed by atoms with van der Waals surface area (Å²) >= 11 is 3.57. The topological polar surface area (TPSA) is 32.3 Å². The van der Waals surface area contributed by atoms with Gasteiger partial charge in [0, 0.05) is 23.7 Å². The van der Waals surface area contributed by atoms with Crippen molar-refractivity contribution in [3.05, 3.63) is 33.8 Å². The Morgan fingerprint density at radius 2 is 2.19 bits per heavy atom. The van der Waals surface area contributed by atoms with E-state index in [1.807, 2.05) is 0 Å². The molecule has 0 saturated heterocycles. The second-order valence-corrected chi connectivity index (χ2v) is 4.95. The third kappa shape index (κ3) is 4.24. The first kappa shape index (κ1) is 13.7. The minimum absolute atomic E-state index is 0.251. The highest BCUT2D eigenvalue weighted by Crippen LogP contribution is 2.18. The highest BCUT2D eigenvalue weighted by atomic mass is 79.9. The standard InChI is InChI=1S/C13H20BrNO/c1-3-12(6-7-16)15-9-11-5-4-10(2)8-13(11)14/h4-5,8,12,15-16H,3,6-7,9H2,1-2H3. The van der Waals surface area contributed by atoms with Crippen molar-refractivity contribution in [3.8, 4) is 0 Å². The summed E-state index contributed by atoms with van der Waals surface area (Å²) in [5, 5.41) is 12.4. The molecule has 0 amide bonds. The molecule has 90 valence electrons. The molecule has 0 aliphatic heterocycles. The smallest absolute Gasteiger partial charge is 0.0445 e. The first-order chi connectivity index (χ1) is 7.67. The molecule has 1 aromatic rings. The van der Waals surface area contributed by atoms with E-state index in [1.54, 1.807) is 0 Å². The molecule has 0 aliphatic carbocycles. The molecule has 0 aromatic heterocycles. The van der Waals surface area contributed by atoms with E-state index >= 15 is 0 Å². The monoisotopic (exact) mass is 285 g/mol. The van der Waals surface area contributed by atoms with Crippen LogP contribution in [-0.2, 0) is 6.54 Å². The van der Waals surface area contributed by atoms with E-state index in [0.29, 0.717) is 6.04 Å². The number of benzene rings is 1. The molecule has 0 fully saturated rings. The Hall–Kier alpha value is -0.380. The van der Waals surface area contributed by atoms with Gasteiger partial charge in [0.2, 0.25) is 0 Å². The predicted molar refractivity (Wildman–Crippen MR) is 71.5 cm³/mol. The predicted octanol–water partition coefficient (Wildman–Crippen LogP) is 3.01. The fraction of sp³-hybridized carbons (Fsp3) is 0.538. The maximum atomic E-state index is 8.91. The fourth-order valence-electron chi connectivity index (χ4n) is 1.66. The van der Waals surface area contributed by atoms with Crippen molar-refractivity contribution in [2.45, 2.75) is 39.3 Å². The summed E-state index contributed by atoms with van der Waals surface area (Å²) in [7, 11) is 0. The van der Waals surface area contributed by atoms with E-state index in [4.69, 9.17) is 5.11 Å². The molecular formula is C13H20BrNO. The molecular weight excluding hydrogens is 266 g/mol. The quantitative estimate of drug-likeness (QED) is 0.842. The van der Waals surface area contributed by atoms with E-state index in [-0.39, 0.29) is 6.61 Å². The lowest BCUT2D eigenvalue weighted by Gasteiger charge is -2.16.